The Bertz CT molecular complexity index is 1270. The molecule has 0 bridgehead atoms. The maximum absolute atomic E-state index is 13.4. The van der Waals surface area contributed by atoms with Crippen molar-refractivity contribution in [2.24, 2.45) is 0 Å². The number of aliphatic hydroxyl groups is 1. The minimum Gasteiger partial charge on any atom is -0.387 e. The average Bonchev–Trinajstić information content (AvgIpc) is 2.75. The van der Waals surface area contributed by atoms with Gasteiger partial charge in [0.25, 0.3) is 5.56 Å². The number of hydrogen-bond donors (Lipinski definition) is 3. The van der Waals surface area contributed by atoms with Gasteiger partial charge in [-0.1, -0.05) is 30.3 Å². The van der Waals surface area contributed by atoms with Crippen LogP contribution < -0.4 is 16.2 Å². The number of nitrogens with one attached hydrogen (secondary N) is 2. The molecule has 0 saturated heterocycles. The fourth-order valence-electron chi connectivity index (χ4n) is 3.42. The topological polar surface area (TPSA) is 105 Å². The van der Waals surface area contributed by atoms with Crippen molar-refractivity contribution in [2.45, 2.75) is 39.0 Å². The molecule has 32 heavy (non-hydrogen) atoms. The molecule has 0 amide bonds. The Labute approximate surface area is 186 Å². The number of pyridine rings is 2. The summed E-state index contributed by atoms with van der Waals surface area (Å²) < 4.78 is 1.52. The third-order valence-corrected chi connectivity index (χ3v) is 4.83. The summed E-state index contributed by atoms with van der Waals surface area (Å²) in [4.78, 5) is 26.3. The Balaban J connectivity index is 1.76. The highest BCUT2D eigenvalue weighted by atomic mass is 16.3. The van der Waals surface area contributed by atoms with Crippen LogP contribution in [0.5, 0.6) is 0 Å². The summed E-state index contributed by atoms with van der Waals surface area (Å²) in [6.07, 6.45) is 5.69. The Hall–Kier alpha value is -3.78. The summed E-state index contributed by atoms with van der Waals surface area (Å²) in [5.41, 5.74) is 0.221. The number of nitrogens with zero attached hydrogens (tertiary/aromatic N) is 4. The van der Waals surface area contributed by atoms with Crippen LogP contribution in [0.4, 0.5) is 17.5 Å². The molecule has 8 heteroatoms. The molecule has 0 unspecified atom stereocenters. The van der Waals surface area contributed by atoms with Crippen LogP contribution in [0.25, 0.3) is 10.8 Å². The van der Waals surface area contributed by atoms with Crippen molar-refractivity contribution in [1.82, 2.24) is 19.5 Å². The highest BCUT2D eigenvalue weighted by Crippen LogP contribution is 2.26. The van der Waals surface area contributed by atoms with Crippen LogP contribution >= 0.6 is 0 Å². The van der Waals surface area contributed by atoms with Crippen LogP contribution in [0.15, 0.2) is 72.0 Å². The van der Waals surface area contributed by atoms with Crippen LogP contribution in [-0.2, 0) is 6.54 Å². The summed E-state index contributed by atoms with van der Waals surface area (Å²) in [7, 11) is 0. The van der Waals surface area contributed by atoms with Gasteiger partial charge in [-0.25, -0.2) is 9.97 Å². The van der Waals surface area contributed by atoms with E-state index in [1.165, 1.54) is 4.57 Å². The second-order valence-corrected chi connectivity index (χ2v) is 8.61. The smallest absolute Gasteiger partial charge is 0.262 e. The molecule has 0 radical (unpaired) electrons. The number of aromatic nitrogens is 4. The molecule has 3 heterocycles. The van der Waals surface area contributed by atoms with Gasteiger partial charge in [0.1, 0.15) is 17.5 Å². The molecule has 0 aliphatic rings. The number of hydrogen-bond acceptors (Lipinski definition) is 7. The van der Waals surface area contributed by atoms with Crippen LogP contribution in [-0.4, -0.2) is 30.2 Å². The van der Waals surface area contributed by atoms with E-state index in [0.717, 1.165) is 10.9 Å². The summed E-state index contributed by atoms with van der Waals surface area (Å²) in [6, 6.07) is 13.0. The zero-order valence-corrected chi connectivity index (χ0v) is 18.3. The third-order valence-electron chi connectivity index (χ3n) is 4.83. The van der Waals surface area contributed by atoms with Gasteiger partial charge in [-0.15, -0.1) is 0 Å². The van der Waals surface area contributed by atoms with Crippen molar-refractivity contribution in [3.05, 3.63) is 83.2 Å². The molecule has 3 aromatic heterocycles. The van der Waals surface area contributed by atoms with Crippen molar-refractivity contribution in [3.8, 4) is 0 Å². The predicted octanol–water partition coefficient (Wildman–Crippen LogP) is 3.87. The van der Waals surface area contributed by atoms with Gasteiger partial charge < -0.3 is 20.3 Å². The van der Waals surface area contributed by atoms with E-state index in [2.05, 4.69) is 25.6 Å². The Kier molecular flexibility index (Phi) is 5.87. The van der Waals surface area contributed by atoms with E-state index in [0.29, 0.717) is 22.8 Å². The molecule has 0 spiro atoms. The molecule has 1 atom stereocenters. The molecular formula is C24H26N6O2. The monoisotopic (exact) mass is 430 g/mol. The van der Waals surface area contributed by atoms with E-state index in [9.17, 15) is 9.90 Å². The van der Waals surface area contributed by atoms with Crippen molar-refractivity contribution >= 4 is 28.2 Å². The summed E-state index contributed by atoms with van der Waals surface area (Å²) in [5.74, 6) is 1.57. The van der Waals surface area contributed by atoms with Crippen molar-refractivity contribution < 1.29 is 5.11 Å². The maximum atomic E-state index is 13.4. The van der Waals surface area contributed by atoms with Crippen molar-refractivity contribution in [2.75, 3.05) is 10.6 Å². The molecule has 4 rings (SSSR count). The van der Waals surface area contributed by atoms with Gasteiger partial charge >= 0.3 is 0 Å². The van der Waals surface area contributed by atoms with Crippen LogP contribution in [0, 0.1) is 0 Å². The first-order chi connectivity index (χ1) is 15.3. The molecule has 1 aromatic carbocycles. The molecule has 164 valence electrons. The van der Waals surface area contributed by atoms with Crippen LogP contribution in [0.3, 0.4) is 0 Å². The largest absolute Gasteiger partial charge is 0.387 e. The molecule has 3 N–H and O–H groups in total. The summed E-state index contributed by atoms with van der Waals surface area (Å²) in [6.45, 7) is 6.16. The van der Waals surface area contributed by atoms with E-state index >= 15 is 0 Å². The first-order valence-electron chi connectivity index (χ1n) is 10.4. The quantitative estimate of drug-likeness (QED) is 0.426. The SMILES string of the molecule is CC(C)(C)Nc1nc(Nc2cnccn2)cc2ccn(C[C@H](O)c3ccccc3)c(=O)c12. The van der Waals surface area contributed by atoms with Gasteiger partial charge in [0.2, 0.25) is 0 Å². The van der Waals surface area contributed by atoms with Crippen molar-refractivity contribution in [3.63, 3.8) is 0 Å². The number of anilines is 3. The predicted molar refractivity (Wildman–Crippen MR) is 126 cm³/mol. The van der Waals surface area contributed by atoms with E-state index in [1.807, 2.05) is 57.2 Å². The molecule has 0 fully saturated rings. The van der Waals surface area contributed by atoms with Crippen molar-refractivity contribution in [1.29, 1.82) is 0 Å². The summed E-state index contributed by atoms with van der Waals surface area (Å²) in [5, 5.41) is 18.3. The van der Waals surface area contributed by atoms with Crippen LogP contribution in [0.2, 0.25) is 0 Å². The third kappa shape index (κ3) is 4.92. The van der Waals surface area contributed by atoms with Crippen LogP contribution in [0.1, 0.15) is 32.4 Å². The lowest BCUT2D eigenvalue weighted by atomic mass is 10.1. The standard InChI is InChI=1S/C24H26N6O2/c1-24(2,3)29-22-21-17(13-19(28-22)27-20-14-25-10-11-26-20)9-12-30(23(21)32)15-18(31)16-7-5-4-6-8-16/h4-14,18,31H,15H2,1-3H3,(H2,26,27,28,29)/t18-/m0/s1. The molecule has 0 aliphatic carbocycles. The minimum absolute atomic E-state index is 0.146. The molecule has 4 aromatic rings. The van der Waals surface area contributed by atoms with Gasteiger partial charge in [0.05, 0.1) is 24.2 Å². The lowest BCUT2D eigenvalue weighted by Gasteiger charge is -2.23. The Morgan fingerprint density at radius 1 is 1.09 bits per heavy atom. The Morgan fingerprint density at radius 3 is 2.56 bits per heavy atom. The second-order valence-electron chi connectivity index (χ2n) is 8.61. The number of aliphatic hydroxyl groups excluding tert-OH is 1. The minimum atomic E-state index is -0.795. The Morgan fingerprint density at radius 2 is 1.88 bits per heavy atom. The van der Waals surface area contributed by atoms with Gasteiger partial charge in [-0.05, 0) is 43.9 Å². The van der Waals surface area contributed by atoms with E-state index in [-0.39, 0.29) is 17.6 Å². The lowest BCUT2D eigenvalue weighted by molar-refractivity contribution is 0.155. The van der Waals surface area contributed by atoms with Gasteiger partial charge in [0, 0.05) is 24.1 Å². The maximum Gasteiger partial charge on any atom is 0.262 e. The fraction of sp³-hybridized carbons (Fsp3) is 0.250. The number of benzene rings is 1. The average molecular weight is 431 g/mol. The van der Waals surface area contributed by atoms with E-state index in [1.54, 1.807) is 30.9 Å². The molecule has 8 nitrogen and oxygen atoms in total. The van der Waals surface area contributed by atoms with E-state index in [4.69, 9.17) is 0 Å². The highest BCUT2D eigenvalue weighted by Gasteiger charge is 2.18. The highest BCUT2D eigenvalue weighted by molar-refractivity contribution is 5.93. The van der Waals surface area contributed by atoms with Gasteiger partial charge in [0.15, 0.2) is 0 Å². The van der Waals surface area contributed by atoms with Gasteiger partial charge in [-0.3, -0.25) is 9.78 Å². The zero-order chi connectivity index (χ0) is 22.7. The van der Waals surface area contributed by atoms with E-state index < -0.39 is 6.10 Å². The first kappa shape index (κ1) is 21.5. The lowest BCUT2D eigenvalue weighted by Crippen LogP contribution is -2.29. The molecular weight excluding hydrogens is 404 g/mol. The number of fused-ring (bicyclic) bond motifs is 1. The fourth-order valence-corrected chi connectivity index (χ4v) is 3.42. The second kappa shape index (κ2) is 8.76. The summed E-state index contributed by atoms with van der Waals surface area (Å²) >= 11 is 0. The zero-order valence-electron chi connectivity index (χ0n) is 18.3. The first-order valence-corrected chi connectivity index (χ1v) is 10.4. The number of rotatable bonds is 6. The van der Waals surface area contributed by atoms with Gasteiger partial charge in [-0.2, -0.15) is 0 Å². The molecule has 0 saturated carbocycles. The molecule has 0 aliphatic heterocycles. The normalized spacial score (nSPS) is 12.5.